The Morgan fingerprint density at radius 1 is 1.13 bits per heavy atom. The summed E-state index contributed by atoms with van der Waals surface area (Å²) in [5.74, 6) is 3.04. The molecule has 2 aliphatic rings. The van der Waals surface area contributed by atoms with Crippen LogP contribution in [0.25, 0.3) is 23.0 Å². The summed E-state index contributed by atoms with van der Waals surface area (Å²) >= 11 is 0. The van der Waals surface area contributed by atoms with Crippen LogP contribution >= 0.6 is 0 Å². The van der Waals surface area contributed by atoms with Gasteiger partial charge in [-0.05, 0) is 6.92 Å². The minimum absolute atomic E-state index is 0.0981. The second kappa shape index (κ2) is 7.13. The molecule has 0 radical (unpaired) electrons. The highest BCUT2D eigenvalue weighted by Crippen LogP contribution is 2.40. The van der Waals surface area contributed by atoms with E-state index in [1.807, 2.05) is 64.9 Å². The van der Waals surface area contributed by atoms with Crippen LogP contribution < -0.4 is 4.90 Å². The zero-order valence-electron chi connectivity index (χ0n) is 16.9. The van der Waals surface area contributed by atoms with Crippen LogP contribution in [-0.2, 0) is 4.74 Å². The number of morpholine rings is 1. The first kappa shape index (κ1) is 18.0. The van der Waals surface area contributed by atoms with E-state index in [9.17, 15) is 0 Å². The van der Waals surface area contributed by atoms with Gasteiger partial charge in [0, 0.05) is 24.5 Å². The molecule has 3 aromatic heterocycles. The zero-order valence-corrected chi connectivity index (χ0v) is 16.9. The molecule has 1 aromatic carbocycles. The Hall–Kier alpha value is -3.85. The molecule has 6 rings (SSSR count). The number of anilines is 1. The Morgan fingerprint density at radius 2 is 2.03 bits per heavy atom. The molecular weight excluding hydrogens is 392 g/mol. The van der Waals surface area contributed by atoms with E-state index >= 15 is 0 Å². The van der Waals surface area contributed by atoms with Crippen molar-refractivity contribution < 1.29 is 4.74 Å². The summed E-state index contributed by atoms with van der Waals surface area (Å²) in [5, 5.41) is 8.54. The molecule has 1 saturated heterocycles. The Morgan fingerprint density at radius 3 is 2.90 bits per heavy atom. The number of allylic oxidation sites excluding steroid dienone is 1. The molecule has 0 spiro atoms. The third-order valence-corrected chi connectivity index (χ3v) is 5.67. The normalized spacial score (nSPS) is 19.8. The van der Waals surface area contributed by atoms with Gasteiger partial charge in [-0.15, -0.1) is 10.2 Å². The molecule has 9 nitrogen and oxygen atoms in total. The number of fused-ring (bicyclic) bond motifs is 6. The number of rotatable bonds is 3. The lowest BCUT2D eigenvalue weighted by Gasteiger charge is -2.43. The molecule has 9 heteroatoms. The van der Waals surface area contributed by atoms with Crippen LogP contribution in [0.2, 0.25) is 0 Å². The van der Waals surface area contributed by atoms with Crippen molar-refractivity contribution in [2.45, 2.75) is 19.1 Å². The fourth-order valence-electron chi connectivity index (χ4n) is 4.32. The molecule has 0 saturated carbocycles. The van der Waals surface area contributed by atoms with Crippen LogP contribution in [0.3, 0.4) is 0 Å². The largest absolute Gasteiger partial charge is 0.370 e. The Labute approximate surface area is 178 Å². The summed E-state index contributed by atoms with van der Waals surface area (Å²) in [6, 6.07) is 9.94. The maximum Gasteiger partial charge on any atom is 0.237 e. The van der Waals surface area contributed by atoms with Crippen LogP contribution in [0.1, 0.15) is 18.8 Å². The third kappa shape index (κ3) is 2.77. The van der Waals surface area contributed by atoms with Gasteiger partial charge in [0.05, 0.1) is 12.8 Å². The first-order valence-corrected chi connectivity index (χ1v) is 10.2. The maximum absolute atomic E-state index is 6.04. The van der Waals surface area contributed by atoms with E-state index in [0.29, 0.717) is 19.1 Å². The number of nitrogens with zero attached hydrogens (tertiary/aromatic N) is 8. The van der Waals surface area contributed by atoms with Crippen LogP contribution in [0, 0.1) is 0 Å². The molecule has 0 aliphatic carbocycles. The minimum atomic E-state index is -0.124. The highest BCUT2D eigenvalue weighted by Gasteiger charge is 2.41. The molecule has 1 fully saturated rings. The number of hydrogen-bond acceptors (Lipinski definition) is 7. The van der Waals surface area contributed by atoms with Gasteiger partial charge in [-0.1, -0.05) is 42.5 Å². The van der Waals surface area contributed by atoms with Gasteiger partial charge < -0.3 is 9.64 Å². The lowest BCUT2D eigenvalue weighted by molar-refractivity contribution is 0.0375. The average molecular weight is 412 g/mol. The predicted molar refractivity (Wildman–Crippen MR) is 114 cm³/mol. The second-order valence-electron chi connectivity index (χ2n) is 7.42. The lowest BCUT2D eigenvalue weighted by atomic mass is 10.0. The highest BCUT2D eigenvalue weighted by atomic mass is 16.5. The molecule has 2 unspecified atom stereocenters. The molecule has 154 valence electrons. The number of imidazole rings is 1. The van der Waals surface area contributed by atoms with Gasteiger partial charge in [0.15, 0.2) is 11.6 Å². The Bertz CT molecular complexity index is 1260. The summed E-state index contributed by atoms with van der Waals surface area (Å²) in [5.41, 5.74) is 1.87. The summed E-state index contributed by atoms with van der Waals surface area (Å²) in [6.45, 7) is 3.32. The van der Waals surface area contributed by atoms with Crippen LogP contribution in [0.15, 0.2) is 67.4 Å². The molecule has 2 atom stereocenters. The third-order valence-electron chi connectivity index (χ3n) is 5.67. The maximum atomic E-state index is 6.04. The van der Waals surface area contributed by atoms with Gasteiger partial charge in [-0.25, -0.2) is 9.97 Å². The first-order valence-electron chi connectivity index (χ1n) is 10.2. The molecule has 4 aromatic rings. The van der Waals surface area contributed by atoms with E-state index in [1.165, 1.54) is 0 Å². The van der Waals surface area contributed by atoms with E-state index in [-0.39, 0.29) is 12.1 Å². The van der Waals surface area contributed by atoms with Gasteiger partial charge >= 0.3 is 0 Å². The average Bonchev–Trinajstić information content (AvgIpc) is 3.50. The van der Waals surface area contributed by atoms with Crippen LogP contribution in [-0.4, -0.2) is 53.5 Å². The van der Waals surface area contributed by atoms with E-state index in [0.717, 1.165) is 28.7 Å². The van der Waals surface area contributed by atoms with E-state index in [4.69, 9.17) is 9.72 Å². The van der Waals surface area contributed by atoms with Gasteiger partial charge in [-0.3, -0.25) is 9.13 Å². The minimum Gasteiger partial charge on any atom is -0.370 e. The molecule has 0 bridgehead atoms. The fraction of sp³-hybridized carbons (Fsp3) is 0.227. The number of ether oxygens (including phenoxy) is 1. The topological polar surface area (TPSA) is 86.8 Å². The monoisotopic (exact) mass is 412 g/mol. The van der Waals surface area contributed by atoms with E-state index < -0.39 is 0 Å². The van der Waals surface area contributed by atoms with E-state index in [1.54, 1.807) is 12.5 Å². The molecule has 0 N–H and O–H groups in total. The second-order valence-corrected chi connectivity index (χ2v) is 7.42. The lowest BCUT2D eigenvalue weighted by Crippen LogP contribution is -2.48. The van der Waals surface area contributed by atoms with E-state index in [2.05, 4.69) is 31.1 Å². The standard InChI is InChI=1S/C22H20N8O/c1-2-6-17-18-21-27-25-14-30(21)16-13-24-22(26-20(16)28(18)11-12-31-17)29-10-9-23-19(29)15-7-4-3-5-8-15/h2-10,13-14,17-18H,11-12H2,1H3. The first-order chi connectivity index (χ1) is 15.3. The van der Waals surface area contributed by atoms with Crippen molar-refractivity contribution >= 4 is 5.82 Å². The summed E-state index contributed by atoms with van der Waals surface area (Å²) in [7, 11) is 0. The van der Waals surface area contributed by atoms with Gasteiger partial charge in [0.1, 0.15) is 30.0 Å². The van der Waals surface area contributed by atoms with Crippen molar-refractivity contribution in [2.75, 3.05) is 18.1 Å². The molecule has 0 amide bonds. The van der Waals surface area contributed by atoms with Gasteiger partial charge in [-0.2, -0.15) is 4.98 Å². The quantitative estimate of drug-likeness (QED) is 0.478. The Kier molecular flexibility index (Phi) is 4.13. The fourth-order valence-corrected chi connectivity index (χ4v) is 4.32. The number of hydrogen-bond donors (Lipinski definition) is 0. The van der Waals surface area contributed by atoms with Crippen molar-refractivity contribution in [3.8, 4) is 23.0 Å². The summed E-state index contributed by atoms with van der Waals surface area (Å²) in [6.07, 6.45) is 11.1. The smallest absolute Gasteiger partial charge is 0.237 e. The van der Waals surface area contributed by atoms with Crippen molar-refractivity contribution in [3.05, 3.63) is 73.2 Å². The SMILES string of the molecule is CC=CC1OCCN2c3nc(-n4ccnc4-c4ccccc4)ncc3-n3cnnc3C12. The van der Waals surface area contributed by atoms with Crippen LogP contribution in [0.4, 0.5) is 5.82 Å². The zero-order chi connectivity index (χ0) is 20.8. The molecule has 31 heavy (non-hydrogen) atoms. The molecule has 2 aliphatic heterocycles. The van der Waals surface area contributed by atoms with Crippen molar-refractivity contribution in [2.24, 2.45) is 0 Å². The molecule has 5 heterocycles. The summed E-state index contributed by atoms with van der Waals surface area (Å²) < 4.78 is 9.91. The highest BCUT2D eigenvalue weighted by molar-refractivity contribution is 5.64. The van der Waals surface area contributed by atoms with Crippen LogP contribution in [0.5, 0.6) is 0 Å². The number of aromatic nitrogens is 7. The predicted octanol–water partition coefficient (Wildman–Crippen LogP) is 2.75. The van der Waals surface area contributed by atoms with Gasteiger partial charge in [0.25, 0.3) is 0 Å². The summed E-state index contributed by atoms with van der Waals surface area (Å²) in [4.78, 5) is 16.4. The van der Waals surface area contributed by atoms with Crippen molar-refractivity contribution in [1.82, 2.24) is 34.3 Å². The van der Waals surface area contributed by atoms with Gasteiger partial charge in [0.2, 0.25) is 5.95 Å². The number of benzene rings is 1. The van der Waals surface area contributed by atoms with Crippen molar-refractivity contribution in [1.29, 1.82) is 0 Å². The van der Waals surface area contributed by atoms with Crippen molar-refractivity contribution in [3.63, 3.8) is 0 Å². The Balaban J connectivity index is 1.50. The molecular formula is C22H20N8O.